The molecule has 0 heterocycles. The minimum absolute atomic E-state index is 0.0470. The van der Waals surface area contributed by atoms with E-state index in [1.165, 1.54) is 0 Å². The van der Waals surface area contributed by atoms with E-state index in [2.05, 4.69) is 15.9 Å². The number of phenolic OH excluding ortho intramolecular Hbond substituents is 1. The molecule has 0 fully saturated rings. The van der Waals surface area contributed by atoms with Crippen LogP contribution in [0.5, 0.6) is 5.75 Å². The molecule has 19 heavy (non-hydrogen) atoms. The molecule has 0 saturated heterocycles. The van der Waals surface area contributed by atoms with Gasteiger partial charge in [-0.1, -0.05) is 34.1 Å². The van der Waals surface area contributed by atoms with Crippen molar-refractivity contribution in [2.24, 2.45) is 0 Å². The first-order chi connectivity index (χ1) is 9.15. The predicted octanol–water partition coefficient (Wildman–Crippen LogP) is 3.98. The SMILES string of the molecule is O=C1/C(=C/c2ccccc2Br)Cc2cc(O)ccc21. The summed E-state index contributed by atoms with van der Waals surface area (Å²) in [5, 5.41) is 9.46. The summed E-state index contributed by atoms with van der Waals surface area (Å²) in [5.41, 5.74) is 3.33. The van der Waals surface area contributed by atoms with Crippen LogP contribution in [0, 0.1) is 0 Å². The maximum absolute atomic E-state index is 12.3. The fraction of sp³-hybridized carbons (Fsp3) is 0.0625. The van der Waals surface area contributed by atoms with Crippen molar-refractivity contribution in [1.29, 1.82) is 0 Å². The van der Waals surface area contributed by atoms with E-state index in [-0.39, 0.29) is 11.5 Å². The number of halogens is 1. The van der Waals surface area contributed by atoms with Gasteiger partial charge in [-0.25, -0.2) is 0 Å². The van der Waals surface area contributed by atoms with Crippen LogP contribution in [0.4, 0.5) is 0 Å². The Morgan fingerprint density at radius 1 is 1.16 bits per heavy atom. The van der Waals surface area contributed by atoms with E-state index in [0.717, 1.165) is 21.2 Å². The number of benzene rings is 2. The number of hydrogen-bond donors (Lipinski definition) is 1. The molecule has 0 atom stereocenters. The molecule has 0 aromatic heterocycles. The fourth-order valence-corrected chi connectivity index (χ4v) is 2.70. The number of carbonyl (C=O) groups excluding carboxylic acids is 1. The van der Waals surface area contributed by atoms with Crippen LogP contribution in [0.15, 0.2) is 52.5 Å². The van der Waals surface area contributed by atoms with Gasteiger partial charge in [-0.15, -0.1) is 0 Å². The Kier molecular flexibility index (Phi) is 2.99. The Labute approximate surface area is 119 Å². The van der Waals surface area contributed by atoms with E-state index in [9.17, 15) is 9.90 Å². The summed E-state index contributed by atoms with van der Waals surface area (Å²) < 4.78 is 0.967. The molecule has 0 bridgehead atoms. The largest absolute Gasteiger partial charge is 0.508 e. The molecule has 0 unspecified atom stereocenters. The number of aromatic hydroxyl groups is 1. The molecule has 3 rings (SSSR count). The van der Waals surface area contributed by atoms with E-state index >= 15 is 0 Å². The van der Waals surface area contributed by atoms with Gasteiger partial charge in [0.05, 0.1) is 0 Å². The molecule has 1 aliphatic rings. The first-order valence-electron chi connectivity index (χ1n) is 5.97. The third-order valence-electron chi connectivity index (χ3n) is 3.24. The molecule has 1 aliphatic carbocycles. The molecule has 0 saturated carbocycles. The maximum atomic E-state index is 12.3. The van der Waals surface area contributed by atoms with Crippen molar-refractivity contribution < 1.29 is 9.90 Å². The zero-order valence-electron chi connectivity index (χ0n) is 10.1. The van der Waals surface area contributed by atoms with Crippen LogP contribution in [-0.4, -0.2) is 10.9 Å². The number of ketones is 1. The van der Waals surface area contributed by atoms with Crippen molar-refractivity contribution in [2.45, 2.75) is 6.42 Å². The minimum atomic E-state index is 0.0470. The van der Waals surface area contributed by atoms with E-state index < -0.39 is 0 Å². The van der Waals surface area contributed by atoms with Crippen LogP contribution >= 0.6 is 15.9 Å². The molecule has 3 heteroatoms. The molecule has 0 spiro atoms. The van der Waals surface area contributed by atoms with Crippen molar-refractivity contribution in [2.75, 3.05) is 0 Å². The van der Waals surface area contributed by atoms with Crippen LogP contribution in [0.25, 0.3) is 6.08 Å². The van der Waals surface area contributed by atoms with Crippen LogP contribution in [0.2, 0.25) is 0 Å². The van der Waals surface area contributed by atoms with Crippen LogP contribution in [-0.2, 0) is 6.42 Å². The van der Waals surface area contributed by atoms with Crippen molar-refractivity contribution in [3.63, 3.8) is 0 Å². The molecule has 0 amide bonds. The first kappa shape index (κ1) is 12.2. The number of rotatable bonds is 1. The zero-order valence-corrected chi connectivity index (χ0v) is 11.6. The molecule has 0 aliphatic heterocycles. The summed E-state index contributed by atoms with van der Waals surface area (Å²) in [6.07, 6.45) is 2.48. The summed E-state index contributed by atoms with van der Waals surface area (Å²) >= 11 is 3.47. The second kappa shape index (κ2) is 4.67. The molecule has 2 nitrogen and oxygen atoms in total. The van der Waals surface area contributed by atoms with E-state index in [0.29, 0.717) is 12.0 Å². The third kappa shape index (κ3) is 2.22. The van der Waals surface area contributed by atoms with Gasteiger partial charge in [0, 0.05) is 22.0 Å². The van der Waals surface area contributed by atoms with Gasteiger partial charge >= 0.3 is 0 Å². The van der Waals surface area contributed by atoms with Gasteiger partial charge in [0.25, 0.3) is 0 Å². The third-order valence-corrected chi connectivity index (χ3v) is 3.96. The average molecular weight is 315 g/mol. The monoisotopic (exact) mass is 314 g/mol. The lowest BCUT2D eigenvalue weighted by Gasteiger charge is -1.99. The quantitative estimate of drug-likeness (QED) is 0.808. The highest BCUT2D eigenvalue weighted by Gasteiger charge is 2.24. The summed E-state index contributed by atoms with van der Waals surface area (Å²) in [6.45, 7) is 0. The van der Waals surface area contributed by atoms with Crippen molar-refractivity contribution in [1.82, 2.24) is 0 Å². The number of allylic oxidation sites excluding steroid dienone is 1. The molecule has 94 valence electrons. The number of hydrogen-bond acceptors (Lipinski definition) is 2. The Morgan fingerprint density at radius 2 is 1.95 bits per heavy atom. The summed E-state index contributed by atoms with van der Waals surface area (Å²) in [6, 6.07) is 12.7. The van der Waals surface area contributed by atoms with E-state index in [1.54, 1.807) is 18.2 Å². The van der Waals surface area contributed by atoms with Crippen LogP contribution < -0.4 is 0 Å². The predicted molar refractivity (Wildman–Crippen MR) is 78.3 cm³/mol. The normalized spacial score (nSPS) is 15.8. The standard InChI is InChI=1S/C16H11BrO2/c17-15-4-2-1-3-10(15)7-12-8-11-9-13(18)5-6-14(11)16(12)19/h1-7,9,18H,8H2/b12-7+. The molecular formula is C16H11BrO2. The van der Waals surface area contributed by atoms with Crippen molar-refractivity contribution in [3.05, 3.63) is 69.2 Å². The molecule has 0 radical (unpaired) electrons. The van der Waals surface area contributed by atoms with Crippen molar-refractivity contribution in [3.8, 4) is 5.75 Å². The summed E-state index contributed by atoms with van der Waals surface area (Å²) in [7, 11) is 0. The highest BCUT2D eigenvalue weighted by molar-refractivity contribution is 9.10. The van der Waals surface area contributed by atoms with Gasteiger partial charge in [-0.05, 0) is 41.5 Å². The highest BCUT2D eigenvalue weighted by atomic mass is 79.9. The lowest BCUT2D eigenvalue weighted by Crippen LogP contribution is -1.95. The molecule has 2 aromatic rings. The van der Waals surface area contributed by atoms with Gasteiger partial charge in [0.15, 0.2) is 5.78 Å². The molecule has 2 aromatic carbocycles. The lowest BCUT2D eigenvalue weighted by atomic mass is 10.1. The molecular weight excluding hydrogens is 304 g/mol. The topological polar surface area (TPSA) is 37.3 Å². The Balaban J connectivity index is 2.02. The smallest absolute Gasteiger partial charge is 0.189 e. The summed E-state index contributed by atoms with van der Waals surface area (Å²) in [5.74, 6) is 0.249. The van der Waals surface area contributed by atoms with Gasteiger partial charge in [0.2, 0.25) is 0 Å². The lowest BCUT2D eigenvalue weighted by molar-refractivity contribution is 0.104. The van der Waals surface area contributed by atoms with Crippen LogP contribution in [0.3, 0.4) is 0 Å². The maximum Gasteiger partial charge on any atom is 0.189 e. The zero-order chi connectivity index (χ0) is 13.4. The molecule has 1 N–H and O–H groups in total. The first-order valence-corrected chi connectivity index (χ1v) is 6.76. The van der Waals surface area contributed by atoms with E-state index in [4.69, 9.17) is 0 Å². The van der Waals surface area contributed by atoms with Gasteiger partial charge in [0.1, 0.15) is 5.75 Å². The Bertz CT molecular complexity index is 702. The van der Waals surface area contributed by atoms with Crippen molar-refractivity contribution >= 4 is 27.8 Å². The highest BCUT2D eigenvalue weighted by Crippen LogP contribution is 2.31. The number of fused-ring (bicyclic) bond motifs is 1. The van der Waals surface area contributed by atoms with Crippen LogP contribution in [0.1, 0.15) is 21.5 Å². The average Bonchev–Trinajstić information content (AvgIpc) is 2.68. The summed E-state index contributed by atoms with van der Waals surface area (Å²) in [4.78, 5) is 12.3. The van der Waals surface area contributed by atoms with Gasteiger partial charge in [-0.2, -0.15) is 0 Å². The minimum Gasteiger partial charge on any atom is -0.508 e. The van der Waals surface area contributed by atoms with Gasteiger partial charge < -0.3 is 5.11 Å². The number of carbonyl (C=O) groups is 1. The van der Waals surface area contributed by atoms with E-state index in [1.807, 2.05) is 30.3 Å². The fourth-order valence-electron chi connectivity index (χ4n) is 2.30. The number of phenols is 1. The Morgan fingerprint density at radius 3 is 2.74 bits per heavy atom. The van der Waals surface area contributed by atoms with Gasteiger partial charge in [-0.3, -0.25) is 4.79 Å². The number of Topliss-reactive ketones (excluding diaryl/α,β-unsaturated/α-hetero) is 1. The second-order valence-corrected chi connectivity index (χ2v) is 5.39. The second-order valence-electron chi connectivity index (χ2n) is 4.54. The Hall–Kier alpha value is -1.87.